The van der Waals surface area contributed by atoms with Crippen molar-refractivity contribution in [2.75, 3.05) is 26.2 Å². The number of hydrogen-bond donors (Lipinski definition) is 0. The molecule has 0 N–H and O–H groups in total. The van der Waals surface area contributed by atoms with Crippen molar-refractivity contribution in [3.05, 3.63) is 46.7 Å². The van der Waals surface area contributed by atoms with Gasteiger partial charge in [-0.1, -0.05) is 0 Å². The Hall–Kier alpha value is -2.48. The average molecular weight is 432 g/mol. The molecule has 1 aromatic heterocycles. The number of aromatic nitrogens is 1. The molecule has 160 valence electrons. The lowest BCUT2D eigenvalue weighted by Crippen LogP contribution is -2.49. The van der Waals surface area contributed by atoms with Crippen LogP contribution in [0.1, 0.15) is 41.8 Å². The molecular formula is C22H26FN3O3S. The maximum atomic E-state index is 13.2. The number of likely N-dealkylation sites (tertiary alicyclic amines) is 2. The van der Waals surface area contributed by atoms with Crippen LogP contribution in [0.3, 0.4) is 0 Å². The van der Waals surface area contributed by atoms with Gasteiger partial charge in [-0.15, -0.1) is 11.3 Å². The molecule has 0 aliphatic carbocycles. The fourth-order valence-corrected chi connectivity index (χ4v) is 4.80. The van der Waals surface area contributed by atoms with Gasteiger partial charge >= 0.3 is 0 Å². The van der Waals surface area contributed by atoms with E-state index in [2.05, 4.69) is 4.98 Å². The smallest absolute Gasteiger partial charge is 0.265 e. The van der Waals surface area contributed by atoms with Gasteiger partial charge in [0, 0.05) is 44.9 Å². The van der Waals surface area contributed by atoms with Crippen molar-refractivity contribution >= 4 is 23.2 Å². The highest BCUT2D eigenvalue weighted by atomic mass is 32.1. The molecule has 0 radical (unpaired) electrons. The van der Waals surface area contributed by atoms with Crippen molar-refractivity contribution in [1.29, 1.82) is 0 Å². The van der Waals surface area contributed by atoms with Gasteiger partial charge in [-0.25, -0.2) is 4.39 Å². The monoisotopic (exact) mass is 431 g/mol. The zero-order chi connectivity index (χ0) is 20.9. The second kappa shape index (κ2) is 9.55. The number of halogens is 1. The summed E-state index contributed by atoms with van der Waals surface area (Å²) in [5.74, 6) is 0.228. The highest BCUT2D eigenvalue weighted by Crippen LogP contribution is 2.28. The van der Waals surface area contributed by atoms with E-state index in [9.17, 15) is 14.0 Å². The van der Waals surface area contributed by atoms with Crippen LogP contribution in [0.4, 0.5) is 4.39 Å². The molecule has 2 atom stereocenters. The predicted molar refractivity (Wildman–Crippen MR) is 112 cm³/mol. The third-order valence-corrected chi connectivity index (χ3v) is 6.60. The molecule has 2 saturated heterocycles. The minimum atomic E-state index is -0.316. The highest BCUT2D eigenvalue weighted by Gasteiger charge is 2.36. The highest BCUT2D eigenvalue weighted by molar-refractivity contribution is 7.11. The summed E-state index contributed by atoms with van der Waals surface area (Å²) in [5.41, 5.74) is 1.65. The van der Waals surface area contributed by atoms with Crippen LogP contribution in [0, 0.1) is 11.7 Å². The van der Waals surface area contributed by atoms with Crippen molar-refractivity contribution in [3.63, 3.8) is 0 Å². The van der Waals surface area contributed by atoms with Crippen LogP contribution in [-0.2, 0) is 4.79 Å². The molecule has 0 saturated carbocycles. The molecule has 4 rings (SSSR count). The van der Waals surface area contributed by atoms with Gasteiger partial charge < -0.3 is 14.5 Å². The van der Waals surface area contributed by atoms with Crippen LogP contribution in [0.25, 0.3) is 0 Å². The Morgan fingerprint density at radius 1 is 1.10 bits per heavy atom. The second-order valence-electron chi connectivity index (χ2n) is 7.92. The van der Waals surface area contributed by atoms with Crippen molar-refractivity contribution in [3.8, 4) is 5.75 Å². The maximum Gasteiger partial charge on any atom is 0.265 e. The normalized spacial score (nSPS) is 22.0. The predicted octanol–water partition coefficient (Wildman–Crippen LogP) is 3.59. The minimum absolute atomic E-state index is 0.0480. The van der Waals surface area contributed by atoms with E-state index >= 15 is 0 Å². The van der Waals surface area contributed by atoms with Gasteiger partial charge in [-0.05, 0) is 43.5 Å². The summed E-state index contributed by atoms with van der Waals surface area (Å²) in [6.45, 7) is 2.62. The summed E-state index contributed by atoms with van der Waals surface area (Å²) in [5, 5.41) is 0. The molecular weight excluding hydrogens is 405 g/mol. The number of amides is 2. The van der Waals surface area contributed by atoms with Gasteiger partial charge in [0.25, 0.3) is 5.91 Å². The summed E-state index contributed by atoms with van der Waals surface area (Å²) in [6, 6.07) is 5.94. The van der Waals surface area contributed by atoms with Gasteiger partial charge in [0.15, 0.2) is 0 Å². The van der Waals surface area contributed by atoms with Crippen LogP contribution in [-0.4, -0.2) is 58.9 Å². The molecule has 6 nitrogen and oxygen atoms in total. The first-order chi connectivity index (χ1) is 14.6. The molecule has 2 amide bonds. The van der Waals surface area contributed by atoms with Crippen molar-refractivity contribution in [2.24, 2.45) is 5.92 Å². The molecule has 2 fully saturated rings. The van der Waals surface area contributed by atoms with Crippen LogP contribution >= 0.6 is 11.3 Å². The van der Waals surface area contributed by atoms with Gasteiger partial charge in [0.2, 0.25) is 5.91 Å². The van der Waals surface area contributed by atoms with Gasteiger partial charge in [0.05, 0.1) is 11.7 Å². The summed E-state index contributed by atoms with van der Waals surface area (Å²) in [6.07, 6.45) is 5.61. The first kappa shape index (κ1) is 20.8. The number of ether oxygens (including phenoxy) is 1. The number of carbonyl (C=O) groups is 2. The molecule has 2 aromatic rings. The number of benzene rings is 1. The Bertz CT molecular complexity index is 853. The van der Waals surface area contributed by atoms with E-state index in [-0.39, 0.29) is 29.7 Å². The Kier molecular flexibility index (Phi) is 6.62. The number of carbonyl (C=O) groups excluding carboxylic acids is 2. The molecule has 0 bridgehead atoms. The van der Waals surface area contributed by atoms with E-state index < -0.39 is 0 Å². The van der Waals surface area contributed by atoms with E-state index in [0.29, 0.717) is 36.6 Å². The van der Waals surface area contributed by atoms with Crippen molar-refractivity contribution in [1.82, 2.24) is 14.8 Å². The average Bonchev–Trinajstić information content (AvgIpc) is 3.31. The number of rotatable bonds is 5. The summed E-state index contributed by atoms with van der Waals surface area (Å²) in [4.78, 5) is 34.1. The number of nitrogens with zero attached hydrogens (tertiary/aromatic N) is 3. The Morgan fingerprint density at radius 2 is 1.87 bits per heavy atom. The third-order valence-electron chi connectivity index (χ3n) is 5.84. The number of hydrogen-bond acceptors (Lipinski definition) is 5. The van der Waals surface area contributed by atoms with Crippen LogP contribution < -0.4 is 4.74 Å². The lowest BCUT2D eigenvalue weighted by Gasteiger charge is -2.39. The largest absolute Gasteiger partial charge is 0.490 e. The zero-order valence-corrected chi connectivity index (χ0v) is 17.7. The molecule has 30 heavy (non-hydrogen) atoms. The van der Waals surface area contributed by atoms with Gasteiger partial charge in [-0.3, -0.25) is 14.6 Å². The van der Waals surface area contributed by atoms with E-state index in [1.807, 2.05) is 4.90 Å². The van der Waals surface area contributed by atoms with Gasteiger partial charge in [-0.2, -0.15) is 0 Å². The van der Waals surface area contributed by atoms with Crippen LogP contribution in [0.2, 0.25) is 0 Å². The van der Waals surface area contributed by atoms with E-state index in [4.69, 9.17) is 4.74 Å². The van der Waals surface area contributed by atoms with E-state index in [1.54, 1.807) is 28.7 Å². The molecule has 1 aromatic carbocycles. The van der Waals surface area contributed by atoms with Gasteiger partial charge in [0.1, 0.15) is 22.5 Å². The standard InChI is InChI=1S/C22H26FN3O3S/c23-17-4-6-18(7-5-17)29-19-8-11-26(22(28)20-13-24-15-30-20)14-16(19)12-21(27)25-9-2-1-3-10-25/h4-7,13,15-16,19H,1-3,8-12,14H2/t16-,19-/m0/s1. The number of thiazole rings is 1. The fraction of sp³-hybridized carbons (Fsp3) is 0.500. The lowest BCUT2D eigenvalue weighted by atomic mass is 9.90. The quantitative estimate of drug-likeness (QED) is 0.726. The minimum Gasteiger partial charge on any atom is -0.490 e. The molecule has 8 heteroatoms. The Labute approximate surface area is 179 Å². The SMILES string of the molecule is O=C(C[C@H]1CN(C(=O)c2cncs2)CC[C@@H]1Oc1ccc(F)cc1)N1CCCCC1. The van der Waals surface area contributed by atoms with Crippen LogP contribution in [0.15, 0.2) is 36.0 Å². The third kappa shape index (κ3) is 4.98. The zero-order valence-electron chi connectivity index (χ0n) is 16.8. The van der Waals surface area contributed by atoms with Crippen molar-refractivity contribution < 1.29 is 18.7 Å². The van der Waals surface area contributed by atoms with Crippen molar-refractivity contribution in [2.45, 2.75) is 38.2 Å². The molecule has 0 unspecified atom stereocenters. The summed E-state index contributed by atoms with van der Waals surface area (Å²) < 4.78 is 19.4. The van der Waals surface area contributed by atoms with E-state index in [0.717, 1.165) is 25.9 Å². The first-order valence-electron chi connectivity index (χ1n) is 10.5. The molecule has 0 spiro atoms. The lowest BCUT2D eigenvalue weighted by molar-refractivity contribution is -0.134. The fourth-order valence-electron chi connectivity index (χ4n) is 4.21. The summed E-state index contributed by atoms with van der Waals surface area (Å²) in [7, 11) is 0. The number of piperidine rings is 2. The molecule has 2 aliphatic rings. The molecule has 3 heterocycles. The maximum absolute atomic E-state index is 13.2. The Balaban J connectivity index is 1.47. The van der Waals surface area contributed by atoms with Crippen LogP contribution in [0.5, 0.6) is 5.75 Å². The molecule has 2 aliphatic heterocycles. The topological polar surface area (TPSA) is 62.7 Å². The summed E-state index contributed by atoms with van der Waals surface area (Å²) >= 11 is 1.32. The second-order valence-corrected chi connectivity index (χ2v) is 8.81. The Morgan fingerprint density at radius 3 is 2.57 bits per heavy atom. The van der Waals surface area contributed by atoms with E-state index in [1.165, 1.54) is 29.9 Å². The first-order valence-corrected chi connectivity index (χ1v) is 11.4.